The summed E-state index contributed by atoms with van der Waals surface area (Å²) in [7, 11) is 0. The number of carboxylic acids is 2. The number of anilines is 2. The maximum atomic E-state index is 10.6. The van der Waals surface area contributed by atoms with E-state index in [9.17, 15) is 26.3 Å². The highest BCUT2D eigenvalue weighted by Crippen LogP contribution is 2.22. The number of rotatable bonds is 8. The van der Waals surface area contributed by atoms with Gasteiger partial charge >= 0.3 is 24.3 Å². The third-order valence-electron chi connectivity index (χ3n) is 5.62. The van der Waals surface area contributed by atoms with Gasteiger partial charge in [0.25, 0.3) is 0 Å². The van der Waals surface area contributed by atoms with E-state index in [0.29, 0.717) is 31.4 Å². The number of alkyl halides is 6. The van der Waals surface area contributed by atoms with Crippen molar-refractivity contribution in [3.05, 3.63) is 72.6 Å². The number of aliphatic carboxylic acids is 2. The monoisotopic (exact) mass is 669 g/mol. The van der Waals surface area contributed by atoms with Crippen molar-refractivity contribution in [1.82, 2.24) is 25.0 Å². The van der Waals surface area contributed by atoms with Crippen LogP contribution in [0.1, 0.15) is 12.1 Å². The molecule has 0 fully saturated rings. The lowest BCUT2D eigenvalue weighted by atomic mass is 10.2. The van der Waals surface area contributed by atoms with Crippen LogP contribution in [-0.2, 0) is 22.7 Å². The Balaban J connectivity index is 0.000000360. The predicted octanol–water partition coefficient (Wildman–Crippen LogP) is 4.85. The number of halogens is 6. The van der Waals surface area contributed by atoms with E-state index in [-0.39, 0.29) is 0 Å². The SMILES string of the molecule is Nc1ccc2cc(OCCCn3cc(COc4ccc5nc(N)ccc5c4)nn3)ccc2n1.O=C(O)C(F)(F)F.O=C(O)C(F)(F)F. The van der Waals surface area contributed by atoms with Gasteiger partial charge in [0.1, 0.15) is 35.4 Å². The highest BCUT2D eigenvalue weighted by molar-refractivity contribution is 5.82. The van der Waals surface area contributed by atoms with Crippen molar-refractivity contribution in [2.24, 2.45) is 0 Å². The Kier molecular flexibility index (Phi) is 11.7. The standard InChI is InChI=1S/C24H23N7O2.2C2HF3O2/c25-23-8-2-16-12-19(4-6-21(16)27-23)32-11-1-10-31-14-18(29-30-31)15-33-20-5-7-22-17(13-20)3-9-24(26)28-22;2*3-2(4,5)1(6)7/h2-9,12-14H,1,10-11,15H2,(H2,25,27)(H2,26,28);2*(H,6,7). The van der Waals surface area contributed by atoms with Gasteiger partial charge in [-0.15, -0.1) is 5.10 Å². The van der Waals surface area contributed by atoms with Crippen LogP contribution in [-0.4, -0.2) is 66.1 Å². The Labute approximate surface area is 260 Å². The number of nitrogen functional groups attached to an aromatic ring is 2. The minimum atomic E-state index is -5.08. The number of aromatic nitrogens is 5. The number of ether oxygens (including phenoxy) is 2. The minimum absolute atomic E-state index is 0.333. The molecule has 6 N–H and O–H groups in total. The number of hydrogen-bond donors (Lipinski definition) is 4. The molecule has 13 nitrogen and oxygen atoms in total. The van der Waals surface area contributed by atoms with Crippen molar-refractivity contribution in [3.8, 4) is 11.5 Å². The summed E-state index contributed by atoms with van der Waals surface area (Å²) in [5.74, 6) is -2.97. The molecule has 0 aliphatic heterocycles. The van der Waals surface area contributed by atoms with E-state index in [1.54, 1.807) is 16.8 Å². The summed E-state index contributed by atoms with van der Waals surface area (Å²) in [6.45, 7) is 1.59. The van der Waals surface area contributed by atoms with Crippen LogP contribution in [0.4, 0.5) is 38.0 Å². The number of carbonyl (C=O) groups is 2. The lowest BCUT2D eigenvalue weighted by molar-refractivity contribution is -0.193. The van der Waals surface area contributed by atoms with E-state index in [1.807, 2.05) is 54.7 Å². The molecule has 47 heavy (non-hydrogen) atoms. The summed E-state index contributed by atoms with van der Waals surface area (Å²) < 4.78 is 77.0. The van der Waals surface area contributed by atoms with Gasteiger partial charge in [-0.1, -0.05) is 5.21 Å². The van der Waals surface area contributed by atoms with Crippen molar-refractivity contribution < 1.29 is 55.6 Å². The van der Waals surface area contributed by atoms with Gasteiger partial charge in [0, 0.05) is 23.7 Å². The van der Waals surface area contributed by atoms with Crippen LogP contribution in [0, 0.1) is 0 Å². The Bertz CT molecular complexity index is 1810. The maximum absolute atomic E-state index is 10.6. The fourth-order valence-corrected chi connectivity index (χ4v) is 3.51. The third kappa shape index (κ3) is 11.5. The van der Waals surface area contributed by atoms with Crippen molar-refractivity contribution in [1.29, 1.82) is 0 Å². The van der Waals surface area contributed by atoms with Gasteiger partial charge in [0.15, 0.2) is 0 Å². The first-order chi connectivity index (χ1) is 22.0. The first kappa shape index (κ1) is 35.6. The van der Waals surface area contributed by atoms with Crippen LogP contribution in [0.3, 0.4) is 0 Å². The molecular formula is C28H25F6N7O6. The molecule has 0 unspecified atom stereocenters. The van der Waals surface area contributed by atoms with E-state index >= 15 is 0 Å². The maximum Gasteiger partial charge on any atom is 0.490 e. The molecule has 0 aliphatic carbocycles. The Morgan fingerprint density at radius 2 is 1.21 bits per heavy atom. The van der Waals surface area contributed by atoms with Gasteiger partial charge in [0.2, 0.25) is 0 Å². The van der Waals surface area contributed by atoms with Crippen LogP contribution in [0.5, 0.6) is 11.5 Å². The topological polar surface area (TPSA) is 202 Å². The van der Waals surface area contributed by atoms with Gasteiger partial charge in [-0.25, -0.2) is 19.6 Å². The Morgan fingerprint density at radius 1 is 0.745 bits per heavy atom. The summed E-state index contributed by atoms with van der Waals surface area (Å²) in [5.41, 5.74) is 13.9. The van der Waals surface area contributed by atoms with E-state index in [2.05, 4.69) is 20.3 Å². The smallest absolute Gasteiger partial charge is 0.490 e. The minimum Gasteiger partial charge on any atom is -0.494 e. The fraction of sp³-hybridized carbons (Fsp3) is 0.214. The summed E-state index contributed by atoms with van der Waals surface area (Å²) in [5, 5.41) is 24.6. The molecule has 0 spiro atoms. The lowest BCUT2D eigenvalue weighted by Gasteiger charge is -2.07. The molecular weight excluding hydrogens is 644 g/mol. The zero-order chi connectivity index (χ0) is 34.8. The average molecular weight is 670 g/mol. The molecule has 3 heterocycles. The van der Waals surface area contributed by atoms with Crippen LogP contribution >= 0.6 is 0 Å². The first-order valence-electron chi connectivity index (χ1n) is 13.1. The molecule has 0 amide bonds. The van der Waals surface area contributed by atoms with Crippen LogP contribution in [0.25, 0.3) is 21.8 Å². The Morgan fingerprint density at radius 3 is 1.68 bits per heavy atom. The lowest BCUT2D eigenvalue weighted by Crippen LogP contribution is -2.21. The number of hydrogen-bond acceptors (Lipinski definition) is 10. The summed E-state index contributed by atoms with van der Waals surface area (Å²) in [6, 6.07) is 18.9. The number of nitrogens with two attached hydrogens (primary N) is 2. The fourth-order valence-electron chi connectivity index (χ4n) is 3.51. The third-order valence-corrected chi connectivity index (χ3v) is 5.62. The average Bonchev–Trinajstić information content (AvgIpc) is 3.45. The van der Waals surface area contributed by atoms with Crippen LogP contribution in [0.15, 0.2) is 66.9 Å². The molecule has 0 saturated heterocycles. The molecule has 0 bridgehead atoms. The predicted molar refractivity (Wildman–Crippen MR) is 154 cm³/mol. The number of fused-ring (bicyclic) bond motifs is 2. The second-order valence-corrected chi connectivity index (χ2v) is 9.25. The summed E-state index contributed by atoms with van der Waals surface area (Å²) in [6.07, 6.45) is -7.49. The van der Waals surface area contributed by atoms with Gasteiger partial charge in [-0.3, -0.25) is 4.68 Å². The highest BCUT2D eigenvalue weighted by Gasteiger charge is 2.38. The zero-order valence-corrected chi connectivity index (χ0v) is 23.9. The second kappa shape index (κ2) is 15.4. The molecule has 3 aromatic heterocycles. The van der Waals surface area contributed by atoms with Crippen molar-refractivity contribution >= 4 is 45.4 Å². The van der Waals surface area contributed by atoms with E-state index in [0.717, 1.165) is 45.4 Å². The van der Waals surface area contributed by atoms with Gasteiger partial charge in [0.05, 0.1) is 23.8 Å². The van der Waals surface area contributed by atoms with E-state index in [4.69, 9.17) is 40.7 Å². The number of nitrogens with zero attached hydrogens (tertiary/aromatic N) is 5. The molecule has 0 aliphatic rings. The number of aryl methyl sites for hydroxylation is 1. The largest absolute Gasteiger partial charge is 0.494 e. The van der Waals surface area contributed by atoms with Crippen molar-refractivity contribution in [2.75, 3.05) is 18.1 Å². The Hall–Kier alpha value is -5.88. The van der Waals surface area contributed by atoms with Gasteiger partial charge < -0.3 is 31.2 Å². The quantitative estimate of drug-likeness (QED) is 0.129. The van der Waals surface area contributed by atoms with E-state index < -0.39 is 24.3 Å². The van der Waals surface area contributed by atoms with E-state index in [1.165, 1.54) is 0 Å². The van der Waals surface area contributed by atoms with Gasteiger partial charge in [-0.05, 0) is 60.7 Å². The van der Waals surface area contributed by atoms with Crippen molar-refractivity contribution in [2.45, 2.75) is 31.9 Å². The first-order valence-corrected chi connectivity index (χ1v) is 13.1. The number of carboxylic acid groups (broad SMARTS) is 2. The highest BCUT2D eigenvalue weighted by atomic mass is 19.4. The normalized spacial score (nSPS) is 11.2. The molecule has 19 heteroatoms. The summed E-state index contributed by atoms with van der Waals surface area (Å²) in [4.78, 5) is 26.4. The molecule has 250 valence electrons. The number of pyridine rings is 2. The van der Waals surface area contributed by atoms with Crippen molar-refractivity contribution in [3.63, 3.8) is 0 Å². The molecule has 2 aromatic carbocycles. The van der Waals surface area contributed by atoms with Gasteiger partial charge in [-0.2, -0.15) is 26.3 Å². The molecule has 5 aromatic rings. The summed E-state index contributed by atoms with van der Waals surface area (Å²) >= 11 is 0. The molecule has 0 saturated carbocycles. The molecule has 0 atom stereocenters. The molecule has 5 rings (SSSR count). The second-order valence-electron chi connectivity index (χ2n) is 9.25. The zero-order valence-electron chi connectivity index (χ0n) is 23.9. The number of benzene rings is 2. The van der Waals surface area contributed by atoms with Crippen LogP contribution < -0.4 is 20.9 Å². The molecule has 0 radical (unpaired) electrons. The van der Waals surface area contributed by atoms with Crippen LogP contribution in [0.2, 0.25) is 0 Å².